The number of fused-ring (bicyclic) bond motifs is 3. The van der Waals surface area contributed by atoms with Gasteiger partial charge in [0.25, 0.3) is 5.60 Å². The van der Waals surface area contributed by atoms with Crippen LogP contribution in [0.2, 0.25) is 0 Å². The Kier molecular flexibility index (Phi) is 5.86. The number of aromatic hydroxyl groups is 2. The molecule has 1 fully saturated rings. The zero-order chi connectivity index (χ0) is 32.3. The van der Waals surface area contributed by atoms with Crippen LogP contribution < -0.4 is 4.74 Å². The van der Waals surface area contributed by atoms with Gasteiger partial charge in [0.1, 0.15) is 46.5 Å². The zero-order valence-corrected chi connectivity index (χ0v) is 24.3. The molecule has 232 valence electrons. The Morgan fingerprint density at radius 3 is 2.44 bits per heavy atom. The summed E-state index contributed by atoms with van der Waals surface area (Å²) < 4.78 is 16.8. The van der Waals surface area contributed by atoms with Gasteiger partial charge in [0.15, 0.2) is 11.6 Å². The van der Waals surface area contributed by atoms with E-state index in [1.165, 1.54) is 25.1 Å². The van der Waals surface area contributed by atoms with E-state index in [9.17, 15) is 44.7 Å². The number of hydrogen-bond acceptors (Lipinski definition) is 12. The van der Waals surface area contributed by atoms with Gasteiger partial charge in [-0.05, 0) is 37.5 Å². The van der Waals surface area contributed by atoms with Crippen molar-refractivity contribution in [1.29, 1.82) is 0 Å². The van der Waals surface area contributed by atoms with Crippen LogP contribution in [0, 0.1) is 5.41 Å². The molecule has 1 heterocycles. The Labute approximate surface area is 255 Å². The van der Waals surface area contributed by atoms with E-state index in [0.29, 0.717) is 5.57 Å². The molecule has 1 spiro atoms. The summed E-state index contributed by atoms with van der Waals surface area (Å²) in [5.41, 5.74) is -4.02. The van der Waals surface area contributed by atoms with E-state index in [1.807, 2.05) is 0 Å². The van der Waals surface area contributed by atoms with Gasteiger partial charge in [-0.2, -0.15) is 0 Å². The number of aliphatic hydroxyl groups excluding tert-OH is 3. The summed E-state index contributed by atoms with van der Waals surface area (Å²) in [5.74, 6) is -6.86. The van der Waals surface area contributed by atoms with Gasteiger partial charge in [-0.15, -0.1) is 0 Å². The summed E-state index contributed by atoms with van der Waals surface area (Å²) in [6, 6.07) is 5.80. The van der Waals surface area contributed by atoms with E-state index in [1.54, 1.807) is 19.1 Å². The van der Waals surface area contributed by atoms with Crippen molar-refractivity contribution in [2.24, 2.45) is 5.41 Å². The number of phenolic OH excluding ortho intramolecular Hbond substituents is 2. The van der Waals surface area contributed by atoms with E-state index in [-0.39, 0.29) is 64.2 Å². The predicted molar refractivity (Wildman–Crippen MR) is 153 cm³/mol. The van der Waals surface area contributed by atoms with Crippen molar-refractivity contribution < 1.29 is 58.9 Å². The highest BCUT2D eigenvalue weighted by Gasteiger charge is 2.63. The second kappa shape index (κ2) is 9.21. The van der Waals surface area contributed by atoms with E-state index in [0.717, 1.165) is 7.11 Å². The van der Waals surface area contributed by atoms with Gasteiger partial charge >= 0.3 is 11.9 Å². The molecule has 0 unspecified atom stereocenters. The minimum Gasteiger partial charge on any atom is -0.507 e. The Hall–Kier alpha value is -5.10. The van der Waals surface area contributed by atoms with E-state index >= 15 is 0 Å². The number of benzene rings is 2. The molecule has 1 saturated carbocycles. The first-order valence-corrected chi connectivity index (χ1v) is 14.3. The molecule has 5 atom stereocenters. The van der Waals surface area contributed by atoms with Crippen molar-refractivity contribution in [1.82, 2.24) is 0 Å². The Morgan fingerprint density at radius 1 is 1.04 bits per heavy atom. The highest BCUT2D eigenvalue weighted by Crippen LogP contribution is 2.64. The Balaban J connectivity index is 1.54. The first-order valence-electron chi connectivity index (χ1n) is 14.3. The number of rotatable bonds is 2. The second-order valence-electron chi connectivity index (χ2n) is 12.1. The SMILES string of the molecule is COC(=O)[C@]12Oc3cc4c(c(O)c3C(O)=C1C(=O)CC[C@H]2O)[C@H]1C(=O)C2=C(O)c3c(O)cccc3[C@@H](OC(C)=O)[C@@]2(C=C1C)C4. The molecule has 0 saturated heterocycles. The molecule has 2 aromatic rings. The standard InChI is InChI=1S/C33H28O12/c1-12-10-32-11-14-9-18-23(29(41)24-17(36)7-8-19(37)33(24,45-18)31(42)43-3)26(38)21(14)20(12)27(39)25(32)28(40)22-15(5-4-6-16(22)35)30(32)44-13(2)34/h4-6,9-10,19-20,30,35,37-38,40-41H,7-8,11H2,1-3H3/t19-,20+,30-,32+,33-/m1/s1. The third kappa shape index (κ3) is 3.40. The fourth-order valence-electron chi connectivity index (χ4n) is 7.98. The van der Waals surface area contributed by atoms with Gasteiger partial charge in [-0.1, -0.05) is 23.8 Å². The molecule has 0 amide bonds. The zero-order valence-electron chi connectivity index (χ0n) is 24.3. The normalized spacial score (nSPS) is 29.3. The topological polar surface area (TPSA) is 197 Å². The summed E-state index contributed by atoms with van der Waals surface area (Å²) in [5, 5.41) is 56.7. The smallest absolute Gasteiger partial charge is 0.358 e. The number of carbonyl (C=O) groups excluding carboxylic acids is 4. The Bertz CT molecular complexity index is 1900. The molecule has 5 aliphatic carbocycles. The highest BCUT2D eigenvalue weighted by molar-refractivity contribution is 6.14. The van der Waals surface area contributed by atoms with Crippen molar-refractivity contribution in [3.05, 3.63) is 74.9 Å². The fraction of sp³-hybridized carbons (Fsp3) is 0.333. The van der Waals surface area contributed by atoms with E-state index < -0.39 is 75.5 Å². The minimum atomic E-state index is -2.42. The number of ketones is 2. The first kappa shape index (κ1) is 28.7. The van der Waals surface area contributed by atoms with Crippen LogP contribution in [-0.2, 0) is 35.1 Å². The van der Waals surface area contributed by atoms with E-state index in [4.69, 9.17) is 14.2 Å². The molecular formula is C33H28O12. The van der Waals surface area contributed by atoms with Crippen LogP contribution in [0.25, 0.3) is 11.5 Å². The maximum Gasteiger partial charge on any atom is 0.358 e. The number of Topliss-reactive ketones (excluding diaryl/α,β-unsaturated/α-hetero) is 2. The third-order valence-electron chi connectivity index (χ3n) is 9.66. The molecule has 5 N–H and O–H groups in total. The molecule has 1 aliphatic heterocycles. The summed E-state index contributed by atoms with van der Waals surface area (Å²) in [6.07, 6.45) is -1.62. The van der Waals surface area contributed by atoms with Gasteiger partial charge in [-0.3, -0.25) is 14.4 Å². The van der Waals surface area contributed by atoms with Crippen LogP contribution in [0.15, 0.2) is 47.1 Å². The number of carbonyl (C=O) groups is 4. The minimum absolute atomic E-state index is 0.0547. The van der Waals surface area contributed by atoms with Gasteiger partial charge in [0.2, 0.25) is 0 Å². The number of methoxy groups -OCH3 is 1. The molecule has 12 nitrogen and oxygen atoms in total. The molecule has 45 heavy (non-hydrogen) atoms. The van der Waals surface area contributed by atoms with Crippen molar-refractivity contribution in [3.8, 4) is 17.2 Å². The lowest BCUT2D eigenvalue weighted by atomic mass is 9.60. The number of aliphatic hydroxyl groups is 3. The highest BCUT2D eigenvalue weighted by atomic mass is 16.6. The summed E-state index contributed by atoms with van der Waals surface area (Å²) >= 11 is 0. The van der Waals surface area contributed by atoms with Crippen molar-refractivity contribution in [3.63, 3.8) is 0 Å². The lowest BCUT2D eigenvalue weighted by Crippen LogP contribution is -2.61. The van der Waals surface area contributed by atoms with Gasteiger partial charge in [0, 0.05) is 24.5 Å². The number of esters is 2. The summed E-state index contributed by atoms with van der Waals surface area (Å²) in [4.78, 5) is 53.2. The maximum absolute atomic E-state index is 14.4. The van der Waals surface area contributed by atoms with Gasteiger partial charge < -0.3 is 39.7 Å². The summed E-state index contributed by atoms with van der Waals surface area (Å²) in [7, 11) is 1.04. The van der Waals surface area contributed by atoms with Crippen LogP contribution in [-0.4, -0.2) is 67.9 Å². The predicted octanol–water partition coefficient (Wildman–Crippen LogP) is 3.14. The van der Waals surface area contributed by atoms with Crippen LogP contribution in [0.5, 0.6) is 17.2 Å². The average Bonchev–Trinajstić information content (AvgIpc) is 3.17. The second-order valence-corrected chi connectivity index (χ2v) is 12.1. The summed E-state index contributed by atoms with van der Waals surface area (Å²) in [6.45, 7) is 2.84. The van der Waals surface area contributed by atoms with Crippen molar-refractivity contribution in [2.75, 3.05) is 7.11 Å². The molecule has 2 bridgehead atoms. The van der Waals surface area contributed by atoms with Crippen LogP contribution in [0.3, 0.4) is 0 Å². The molecule has 0 aromatic heterocycles. The molecule has 0 radical (unpaired) electrons. The number of phenols is 2. The van der Waals surface area contributed by atoms with Gasteiger partial charge in [-0.25, -0.2) is 4.79 Å². The number of hydrogen-bond donors (Lipinski definition) is 5. The Morgan fingerprint density at radius 2 is 1.76 bits per heavy atom. The lowest BCUT2D eigenvalue weighted by molar-refractivity contribution is -0.169. The number of ether oxygens (including phenoxy) is 3. The number of allylic oxidation sites excluding steroid dienone is 1. The quantitative estimate of drug-likeness (QED) is 0.245. The lowest BCUT2D eigenvalue weighted by Gasteiger charge is -2.45. The molecule has 6 aliphatic rings. The van der Waals surface area contributed by atoms with Crippen LogP contribution in [0.1, 0.15) is 66.5 Å². The van der Waals surface area contributed by atoms with Gasteiger partial charge in [0.05, 0.1) is 35.2 Å². The fourth-order valence-corrected chi connectivity index (χ4v) is 7.98. The van der Waals surface area contributed by atoms with Crippen LogP contribution in [0.4, 0.5) is 0 Å². The molecule has 12 heteroatoms. The third-order valence-corrected chi connectivity index (χ3v) is 9.66. The molecular weight excluding hydrogens is 588 g/mol. The molecule has 8 rings (SSSR count). The molecule has 2 aromatic carbocycles. The van der Waals surface area contributed by atoms with Crippen molar-refractivity contribution in [2.45, 2.75) is 56.8 Å². The maximum atomic E-state index is 14.4. The first-order chi connectivity index (χ1) is 21.3. The van der Waals surface area contributed by atoms with Crippen LogP contribution >= 0.6 is 0 Å². The largest absolute Gasteiger partial charge is 0.507 e. The van der Waals surface area contributed by atoms with E-state index in [2.05, 4.69) is 0 Å². The average molecular weight is 617 g/mol. The monoisotopic (exact) mass is 616 g/mol. The van der Waals surface area contributed by atoms with Crippen molar-refractivity contribution >= 4 is 35.0 Å².